The number of nitrogens with zero attached hydrogens (tertiary/aromatic N) is 1. The Morgan fingerprint density at radius 2 is 2.05 bits per heavy atom. The Labute approximate surface area is 120 Å². The van der Waals surface area contributed by atoms with Crippen LogP contribution in [0.25, 0.3) is 0 Å². The van der Waals surface area contributed by atoms with Gasteiger partial charge in [-0.2, -0.15) is 5.26 Å². The van der Waals surface area contributed by atoms with E-state index >= 15 is 0 Å². The molecule has 1 saturated carbocycles. The van der Waals surface area contributed by atoms with Gasteiger partial charge in [-0.15, -0.1) is 0 Å². The highest BCUT2D eigenvalue weighted by atomic mass is 16.5. The van der Waals surface area contributed by atoms with Gasteiger partial charge in [0.1, 0.15) is 0 Å². The molecule has 0 amide bonds. The molecule has 0 spiro atoms. The minimum Gasteiger partial charge on any atom is -0.466 e. The average Bonchev–Trinajstić information content (AvgIpc) is 2.69. The fraction of sp³-hybridized carbons (Fsp3) is 0.867. The third-order valence-corrected chi connectivity index (χ3v) is 3.90. The molecule has 3 atom stereocenters. The number of hydrogen-bond donors (Lipinski definition) is 2. The molecule has 3 unspecified atom stereocenters. The maximum absolute atomic E-state index is 11.1. The smallest absolute Gasteiger partial charge is 0.305 e. The summed E-state index contributed by atoms with van der Waals surface area (Å²) in [6.07, 6.45) is 4.56. The number of ether oxygens (including phenoxy) is 1. The second-order valence-corrected chi connectivity index (χ2v) is 5.65. The Morgan fingerprint density at radius 1 is 1.35 bits per heavy atom. The zero-order valence-electron chi connectivity index (χ0n) is 12.2. The van der Waals surface area contributed by atoms with Crippen molar-refractivity contribution in [1.29, 1.82) is 5.26 Å². The predicted octanol–water partition coefficient (Wildman–Crippen LogP) is 1.92. The highest BCUT2D eigenvalue weighted by molar-refractivity contribution is 5.69. The van der Waals surface area contributed by atoms with Crippen molar-refractivity contribution in [3.8, 4) is 6.07 Å². The topological polar surface area (TPSA) is 90.6 Å². The van der Waals surface area contributed by atoms with E-state index in [0.29, 0.717) is 32.3 Å². The van der Waals surface area contributed by atoms with Crippen LogP contribution < -0.4 is 0 Å². The van der Waals surface area contributed by atoms with Crippen molar-refractivity contribution in [2.75, 3.05) is 6.61 Å². The van der Waals surface area contributed by atoms with E-state index in [0.717, 1.165) is 25.7 Å². The molecular weight excluding hydrogens is 258 g/mol. The van der Waals surface area contributed by atoms with Crippen LogP contribution in [0.5, 0.6) is 0 Å². The first-order chi connectivity index (χ1) is 9.50. The van der Waals surface area contributed by atoms with Crippen LogP contribution in [0, 0.1) is 17.2 Å². The van der Waals surface area contributed by atoms with Crippen LogP contribution in [0.2, 0.25) is 0 Å². The Hall–Kier alpha value is -1.12. The number of hydrogen-bond acceptors (Lipinski definition) is 5. The van der Waals surface area contributed by atoms with Crippen LogP contribution >= 0.6 is 0 Å². The second kappa shape index (κ2) is 8.23. The summed E-state index contributed by atoms with van der Waals surface area (Å²) < 4.78 is 4.84. The van der Waals surface area contributed by atoms with Crippen molar-refractivity contribution < 1.29 is 19.7 Å². The molecule has 1 fully saturated rings. The lowest BCUT2D eigenvalue weighted by Gasteiger charge is -2.21. The maximum Gasteiger partial charge on any atom is 0.305 e. The van der Waals surface area contributed by atoms with Crippen molar-refractivity contribution in [3.05, 3.63) is 0 Å². The van der Waals surface area contributed by atoms with Crippen molar-refractivity contribution in [3.63, 3.8) is 0 Å². The number of nitriles is 1. The van der Waals surface area contributed by atoms with Gasteiger partial charge < -0.3 is 14.9 Å². The molecule has 5 nitrogen and oxygen atoms in total. The first-order valence-electron chi connectivity index (χ1n) is 7.46. The summed E-state index contributed by atoms with van der Waals surface area (Å²) >= 11 is 0. The van der Waals surface area contributed by atoms with Crippen LogP contribution in [0.4, 0.5) is 0 Å². The number of esters is 1. The van der Waals surface area contributed by atoms with Gasteiger partial charge in [0.05, 0.1) is 30.3 Å². The van der Waals surface area contributed by atoms with E-state index in [9.17, 15) is 15.0 Å². The van der Waals surface area contributed by atoms with Gasteiger partial charge in [0, 0.05) is 12.8 Å². The van der Waals surface area contributed by atoms with Gasteiger partial charge in [0.2, 0.25) is 0 Å². The zero-order valence-corrected chi connectivity index (χ0v) is 12.2. The van der Waals surface area contributed by atoms with E-state index in [-0.39, 0.29) is 5.97 Å². The van der Waals surface area contributed by atoms with Crippen LogP contribution in [0.1, 0.15) is 58.3 Å². The summed E-state index contributed by atoms with van der Waals surface area (Å²) in [5, 5.41) is 28.8. The van der Waals surface area contributed by atoms with Gasteiger partial charge in [-0.1, -0.05) is 19.3 Å². The lowest BCUT2D eigenvalue weighted by atomic mass is 9.93. The molecule has 5 heteroatoms. The summed E-state index contributed by atoms with van der Waals surface area (Å²) in [6.45, 7) is 2.22. The Balaban J connectivity index is 2.10. The SMILES string of the molecule is CCOC(=O)CCCCCCC1(O)CC(O)C(C#N)C1. The van der Waals surface area contributed by atoms with Crippen LogP contribution in [-0.4, -0.2) is 34.5 Å². The number of unbranched alkanes of at least 4 members (excludes halogenated alkanes) is 3. The van der Waals surface area contributed by atoms with Crippen molar-refractivity contribution in [2.24, 2.45) is 5.92 Å². The fourth-order valence-electron chi connectivity index (χ4n) is 2.81. The molecule has 1 aliphatic carbocycles. The number of carbonyl (C=O) groups excluding carboxylic acids is 1. The standard InChI is InChI=1S/C15H25NO4/c1-2-20-14(18)7-5-3-4-6-8-15(19)9-12(11-16)13(17)10-15/h12-13,17,19H,2-10H2,1H3. The predicted molar refractivity (Wildman–Crippen MR) is 73.6 cm³/mol. The number of aliphatic hydroxyl groups excluding tert-OH is 1. The van der Waals surface area contributed by atoms with Gasteiger partial charge in [-0.3, -0.25) is 4.79 Å². The molecule has 0 aromatic carbocycles. The molecule has 20 heavy (non-hydrogen) atoms. The van der Waals surface area contributed by atoms with E-state index in [1.807, 2.05) is 6.07 Å². The van der Waals surface area contributed by atoms with E-state index < -0.39 is 17.6 Å². The molecule has 1 aliphatic rings. The molecule has 0 aliphatic heterocycles. The highest BCUT2D eigenvalue weighted by Gasteiger charge is 2.42. The molecule has 1 rings (SSSR count). The first kappa shape index (κ1) is 16.9. The van der Waals surface area contributed by atoms with Crippen LogP contribution in [0.15, 0.2) is 0 Å². The number of aliphatic hydroxyl groups is 2. The van der Waals surface area contributed by atoms with Gasteiger partial charge in [0.15, 0.2) is 0 Å². The summed E-state index contributed by atoms with van der Waals surface area (Å²) in [5.41, 5.74) is -0.888. The molecule has 0 radical (unpaired) electrons. The number of rotatable bonds is 8. The average molecular weight is 283 g/mol. The maximum atomic E-state index is 11.1. The zero-order chi connectivity index (χ0) is 15.0. The Bertz CT molecular complexity index is 352. The minimum atomic E-state index is -0.888. The van der Waals surface area contributed by atoms with Gasteiger partial charge in [-0.05, 0) is 26.2 Å². The second-order valence-electron chi connectivity index (χ2n) is 5.65. The van der Waals surface area contributed by atoms with E-state index in [2.05, 4.69) is 0 Å². The monoisotopic (exact) mass is 283 g/mol. The Morgan fingerprint density at radius 3 is 2.65 bits per heavy atom. The van der Waals surface area contributed by atoms with E-state index in [1.165, 1.54) is 0 Å². The highest BCUT2D eigenvalue weighted by Crippen LogP contribution is 2.38. The third-order valence-electron chi connectivity index (χ3n) is 3.90. The van der Waals surface area contributed by atoms with E-state index in [4.69, 9.17) is 10.00 Å². The molecule has 114 valence electrons. The molecule has 0 aromatic heterocycles. The van der Waals surface area contributed by atoms with Crippen LogP contribution in [0.3, 0.4) is 0 Å². The lowest BCUT2D eigenvalue weighted by molar-refractivity contribution is -0.143. The summed E-state index contributed by atoms with van der Waals surface area (Å²) in [7, 11) is 0. The van der Waals surface area contributed by atoms with Crippen molar-refractivity contribution in [1.82, 2.24) is 0 Å². The van der Waals surface area contributed by atoms with Gasteiger partial charge >= 0.3 is 5.97 Å². The number of carbonyl (C=O) groups is 1. The van der Waals surface area contributed by atoms with Crippen molar-refractivity contribution in [2.45, 2.75) is 70.0 Å². The molecule has 0 saturated heterocycles. The van der Waals surface area contributed by atoms with Gasteiger partial charge in [0.25, 0.3) is 0 Å². The lowest BCUT2D eigenvalue weighted by Crippen LogP contribution is -2.25. The van der Waals surface area contributed by atoms with Crippen LogP contribution in [-0.2, 0) is 9.53 Å². The molecule has 0 heterocycles. The quantitative estimate of drug-likeness (QED) is 0.524. The minimum absolute atomic E-state index is 0.151. The third kappa shape index (κ3) is 5.48. The summed E-state index contributed by atoms with van der Waals surface area (Å²) in [5.74, 6) is -0.592. The summed E-state index contributed by atoms with van der Waals surface area (Å²) in [6, 6.07) is 2.04. The molecule has 0 bridgehead atoms. The largest absolute Gasteiger partial charge is 0.466 e. The molecular formula is C15H25NO4. The van der Waals surface area contributed by atoms with Crippen molar-refractivity contribution >= 4 is 5.97 Å². The molecule has 2 N–H and O–H groups in total. The molecule has 0 aromatic rings. The summed E-state index contributed by atoms with van der Waals surface area (Å²) in [4.78, 5) is 11.1. The Kier molecular flexibility index (Phi) is 6.97. The normalized spacial score (nSPS) is 29.1. The van der Waals surface area contributed by atoms with Gasteiger partial charge in [-0.25, -0.2) is 0 Å². The van der Waals surface area contributed by atoms with E-state index in [1.54, 1.807) is 6.92 Å². The first-order valence-corrected chi connectivity index (χ1v) is 7.46. The fourth-order valence-corrected chi connectivity index (χ4v) is 2.81.